The Bertz CT molecular complexity index is 873. The Morgan fingerprint density at radius 1 is 1.04 bits per heavy atom. The predicted molar refractivity (Wildman–Crippen MR) is 84.8 cm³/mol. The molecule has 126 valence electrons. The molecule has 0 fully saturated rings. The monoisotopic (exact) mass is 340 g/mol. The zero-order valence-corrected chi connectivity index (χ0v) is 13.0. The third kappa shape index (κ3) is 2.53. The summed E-state index contributed by atoms with van der Waals surface area (Å²) in [5.41, 5.74) is -0.191. The first-order chi connectivity index (χ1) is 12.0. The molecule has 0 saturated carbocycles. The van der Waals surface area contributed by atoms with Crippen molar-refractivity contribution >= 4 is 23.5 Å². The van der Waals surface area contributed by atoms with Gasteiger partial charge in [0.2, 0.25) is 0 Å². The number of nitrogens with zero attached hydrogens (tertiary/aromatic N) is 2. The van der Waals surface area contributed by atoms with Crippen molar-refractivity contribution in [2.45, 2.75) is 6.04 Å². The van der Waals surface area contributed by atoms with Gasteiger partial charge in [0.05, 0.1) is 28.7 Å². The van der Waals surface area contributed by atoms with Gasteiger partial charge in [-0.2, -0.15) is 0 Å². The minimum Gasteiger partial charge on any atom is -0.467 e. The molecule has 0 radical (unpaired) electrons. The standard InChI is InChI=1S/C17H12N2O6/c1-25-17(22)14(12-8-4-5-9-13(12)19(23)24)18-15(20)10-6-2-3-7-11(10)16(18)21/h2-9,14H,1H3. The van der Waals surface area contributed by atoms with Gasteiger partial charge in [-0.3, -0.25) is 24.6 Å². The highest BCUT2D eigenvalue weighted by molar-refractivity contribution is 6.22. The molecule has 0 aromatic heterocycles. The van der Waals surface area contributed by atoms with Gasteiger partial charge >= 0.3 is 5.97 Å². The number of rotatable bonds is 4. The average Bonchev–Trinajstić information content (AvgIpc) is 2.87. The van der Waals surface area contributed by atoms with Crippen molar-refractivity contribution in [3.63, 3.8) is 0 Å². The number of benzene rings is 2. The number of hydrogen-bond acceptors (Lipinski definition) is 6. The lowest BCUT2D eigenvalue weighted by Gasteiger charge is -2.24. The molecule has 0 bridgehead atoms. The van der Waals surface area contributed by atoms with Crippen LogP contribution in [0.4, 0.5) is 5.69 Å². The number of para-hydroxylation sites is 1. The number of carbonyl (C=O) groups is 3. The van der Waals surface area contributed by atoms with E-state index in [0.29, 0.717) is 4.90 Å². The fourth-order valence-electron chi connectivity index (χ4n) is 2.81. The Hall–Kier alpha value is -3.55. The molecular formula is C17H12N2O6. The van der Waals surface area contributed by atoms with Crippen molar-refractivity contribution < 1.29 is 24.0 Å². The fourth-order valence-corrected chi connectivity index (χ4v) is 2.81. The van der Waals surface area contributed by atoms with E-state index in [1.807, 2.05) is 0 Å². The molecule has 2 amide bonds. The molecule has 2 aromatic rings. The number of nitro groups is 1. The number of ether oxygens (including phenoxy) is 1. The van der Waals surface area contributed by atoms with Crippen LogP contribution in [0, 0.1) is 10.1 Å². The highest BCUT2D eigenvalue weighted by Gasteiger charge is 2.45. The maximum Gasteiger partial charge on any atom is 0.334 e. The van der Waals surface area contributed by atoms with E-state index in [1.165, 1.54) is 36.4 Å². The summed E-state index contributed by atoms with van der Waals surface area (Å²) in [5.74, 6) is -2.34. The maximum absolute atomic E-state index is 12.7. The summed E-state index contributed by atoms with van der Waals surface area (Å²) < 4.78 is 4.70. The molecule has 1 aliphatic heterocycles. The topological polar surface area (TPSA) is 107 Å². The van der Waals surface area contributed by atoms with Crippen molar-refractivity contribution in [2.24, 2.45) is 0 Å². The second kappa shape index (κ2) is 6.16. The van der Waals surface area contributed by atoms with Crippen LogP contribution in [0.1, 0.15) is 32.3 Å². The molecular weight excluding hydrogens is 328 g/mol. The van der Waals surface area contributed by atoms with E-state index in [4.69, 9.17) is 4.74 Å². The summed E-state index contributed by atoms with van der Waals surface area (Å²) in [7, 11) is 1.09. The third-order valence-electron chi connectivity index (χ3n) is 3.94. The number of esters is 1. The van der Waals surface area contributed by atoms with E-state index < -0.39 is 28.7 Å². The number of imide groups is 1. The van der Waals surface area contributed by atoms with E-state index in [-0.39, 0.29) is 22.4 Å². The van der Waals surface area contributed by atoms with Gasteiger partial charge in [0.15, 0.2) is 6.04 Å². The third-order valence-corrected chi connectivity index (χ3v) is 3.94. The smallest absolute Gasteiger partial charge is 0.334 e. The molecule has 0 N–H and O–H groups in total. The van der Waals surface area contributed by atoms with Crippen LogP contribution in [-0.4, -0.2) is 34.7 Å². The second-order valence-electron chi connectivity index (χ2n) is 5.27. The number of nitro benzene ring substituents is 1. The molecule has 0 saturated heterocycles. The number of methoxy groups -OCH3 is 1. The quantitative estimate of drug-likeness (QED) is 0.365. The van der Waals surface area contributed by atoms with Gasteiger partial charge < -0.3 is 4.74 Å². The average molecular weight is 340 g/mol. The van der Waals surface area contributed by atoms with Crippen LogP contribution < -0.4 is 0 Å². The Labute approximate surface area is 141 Å². The van der Waals surface area contributed by atoms with E-state index in [2.05, 4.69) is 0 Å². The zero-order valence-electron chi connectivity index (χ0n) is 13.0. The molecule has 1 unspecified atom stereocenters. The SMILES string of the molecule is COC(=O)C(c1ccccc1[N+](=O)[O-])N1C(=O)c2ccccc2C1=O. The Kier molecular flexibility index (Phi) is 4.02. The lowest BCUT2D eigenvalue weighted by Crippen LogP contribution is -2.39. The summed E-state index contributed by atoms with van der Waals surface area (Å²) in [4.78, 5) is 49.0. The van der Waals surface area contributed by atoms with Crippen LogP contribution in [0.3, 0.4) is 0 Å². The van der Waals surface area contributed by atoms with Crippen molar-refractivity contribution in [1.82, 2.24) is 4.90 Å². The molecule has 8 heteroatoms. The maximum atomic E-state index is 12.7. The van der Waals surface area contributed by atoms with Crippen molar-refractivity contribution in [3.8, 4) is 0 Å². The van der Waals surface area contributed by atoms with Crippen LogP contribution in [0.25, 0.3) is 0 Å². The molecule has 1 aliphatic rings. The number of hydrogen-bond donors (Lipinski definition) is 0. The minimum absolute atomic E-state index is 0.0890. The fraction of sp³-hybridized carbons (Fsp3) is 0.118. The van der Waals surface area contributed by atoms with Crippen molar-refractivity contribution in [3.05, 3.63) is 75.3 Å². The first-order valence-electron chi connectivity index (χ1n) is 7.25. The largest absolute Gasteiger partial charge is 0.467 e. The van der Waals surface area contributed by atoms with Gasteiger partial charge in [0.25, 0.3) is 17.5 Å². The van der Waals surface area contributed by atoms with Crippen molar-refractivity contribution in [2.75, 3.05) is 7.11 Å². The number of fused-ring (bicyclic) bond motifs is 1. The van der Waals surface area contributed by atoms with E-state index in [0.717, 1.165) is 7.11 Å². The number of amides is 2. The second-order valence-corrected chi connectivity index (χ2v) is 5.27. The molecule has 1 atom stereocenters. The van der Waals surface area contributed by atoms with Gasteiger partial charge in [-0.1, -0.05) is 24.3 Å². The summed E-state index contributed by atoms with van der Waals surface area (Å²) in [5, 5.41) is 11.3. The van der Waals surface area contributed by atoms with Crippen LogP contribution >= 0.6 is 0 Å². The summed E-state index contributed by atoms with van der Waals surface area (Å²) in [6.07, 6.45) is 0. The normalized spacial score (nSPS) is 14.2. The van der Waals surface area contributed by atoms with Crippen LogP contribution in [0.15, 0.2) is 48.5 Å². The Morgan fingerprint density at radius 3 is 2.08 bits per heavy atom. The first kappa shape index (κ1) is 16.3. The molecule has 2 aromatic carbocycles. The molecule has 25 heavy (non-hydrogen) atoms. The molecule has 1 heterocycles. The zero-order chi connectivity index (χ0) is 18.1. The summed E-state index contributed by atoms with van der Waals surface area (Å²) in [6, 6.07) is 9.99. The van der Waals surface area contributed by atoms with Gasteiger partial charge in [0.1, 0.15) is 0 Å². The first-order valence-corrected chi connectivity index (χ1v) is 7.25. The summed E-state index contributed by atoms with van der Waals surface area (Å²) in [6.45, 7) is 0. The van der Waals surface area contributed by atoms with Gasteiger partial charge in [0, 0.05) is 6.07 Å². The van der Waals surface area contributed by atoms with E-state index in [9.17, 15) is 24.5 Å². The van der Waals surface area contributed by atoms with Gasteiger partial charge in [-0.15, -0.1) is 0 Å². The van der Waals surface area contributed by atoms with E-state index in [1.54, 1.807) is 12.1 Å². The number of carbonyl (C=O) groups excluding carboxylic acids is 3. The van der Waals surface area contributed by atoms with Crippen LogP contribution in [0.2, 0.25) is 0 Å². The van der Waals surface area contributed by atoms with Gasteiger partial charge in [-0.25, -0.2) is 4.79 Å². The van der Waals surface area contributed by atoms with Crippen LogP contribution in [-0.2, 0) is 9.53 Å². The Morgan fingerprint density at radius 2 is 1.56 bits per heavy atom. The molecule has 8 nitrogen and oxygen atoms in total. The molecule has 0 aliphatic carbocycles. The molecule has 0 spiro atoms. The molecule has 3 rings (SSSR count). The predicted octanol–water partition coefficient (Wildman–Crippen LogP) is 2.11. The van der Waals surface area contributed by atoms with Crippen LogP contribution in [0.5, 0.6) is 0 Å². The van der Waals surface area contributed by atoms with Crippen molar-refractivity contribution in [1.29, 1.82) is 0 Å². The lowest BCUT2D eigenvalue weighted by molar-refractivity contribution is -0.385. The van der Waals surface area contributed by atoms with E-state index >= 15 is 0 Å². The Balaban J connectivity index is 2.17. The highest BCUT2D eigenvalue weighted by Crippen LogP contribution is 2.35. The minimum atomic E-state index is -1.54. The summed E-state index contributed by atoms with van der Waals surface area (Å²) >= 11 is 0. The highest BCUT2D eigenvalue weighted by atomic mass is 16.6. The lowest BCUT2D eigenvalue weighted by atomic mass is 10.0. The van der Waals surface area contributed by atoms with Gasteiger partial charge in [-0.05, 0) is 18.2 Å².